The van der Waals surface area contributed by atoms with Gasteiger partial charge in [-0.3, -0.25) is 0 Å². The molecule has 0 radical (unpaired) electrons. The fraction of sp³-hybridized carbons (Fsp3) is 0.105. The Labute approximate surface area is 167 Å². The highest BCUT2D eigenvalue weighted by molar-refractivity contribution is 7.14. The van der Waals surface area contributed by atoms with Gasteiger partial charge in [0.1, 0.15) is 22.4 Å². The molecule has 0 fully saturated rings. The van der Waals surface area contributed by atoms with Crippen molar-refractivity contribution >= 4 is 40.0 Å². The van der Waals surface area contributed by atoms with Crippen molar-refractivity contribution in [3.8, 4) is 26.9 Å². The highest BCUT2D eigenvalue weighted by Gasteiger charge is 2.14. The standard InChI is InChI=1S/C19H14N2O3S3/c1-23-15-4-2-12(3-5-15)17-20-14(10-26-17)8-24-19(22)16-11-27-18(21-16)13-6-7-25-9-13/h2-7,9-11H,8H2,1H3. The minimum Gasteiger partial charge on any atom is -0.497 e. The van der Waals surface area contributed by atoms with E-state index in [1.54, 1.807) is 23.8 Å². The Morgan fingerprint density at radius 3 is 2.48 bits per heavy atom. The lowest BCUT2D eigenvalue weighted by Crippen LogP contribution is -2.05. The quantitative estimate of drug-likeness (QED) is 0.398. The Morgan fingerprint density at radius 1 is 0.963 bits per heavy atom. The van der Waals surface area contributed by atoms with Gasteiger partial charge in [0.15, 0.2) is 5.69 Å². The molecule has 0 amide bonds. The largest absolute Gasteiger partial charge is 0.497 e. The minimum absolute atomic E-state index is 0.122. The number of aromatic nitrogens is 2. The fourth-order valence-electron chi connectivity index (χ4n) is 2.34. The third-order valence-corrected chi connectivity index (χ3v) is 6.24. The number of benzene rings is 1. The molecular weight excluding hydrogens is 400 g/mol. The summed E-state index contributed by atoms with van der Waals surface area (Å²) in [5.74, 6) is 0.362. The number of rotatable bonds is 6. The number of methoxy groups -OCH3 is 1. The highest BCUT2D eigenvalue weighted by atomic mass is 32.1. The molecule has 3 aromatic heterocycles. The summed E-state index contributed by atoms with van der Waals surface area (Å²) >= 11 is 4.54. The molecule has 0 aliphatic carbocycles. The van der Waals surface area contributed by atoms with Gasteiger partial charge in [0, 0.05) is 27.3 Å². The van der Waals surface area contributed by atoms with Crippen LogP contribution in [0.25, 0.3) is 21.1 Å². The first-order chi connectivity index (χ1) is 13.2. The topological polar surface area (TPSA) is 61.3 Å². The SMILES string of the molecule is COc1ccc(-c2nc(COC(=O)c3csc(-c4ccsc4)n3)cs2)cc1. The van der Waals surface area contributed by atoms with E-state index in [9.17, 15) is 4.79 Å². The summed E-state index contributed by atoms with van der Waals surface area (Å²) in [7, 11) is 1.64. The van der Waals surface area contributed by atoms with Gasteiger partial charge in [0.05, 0.1) is 12.8 Å². The number of esters is 1. The van der Waals surface area contributed by atoms with Crippen LogP contribution in [0.3, 0.4) is 0 Å². The average molecular weight is 415 g/mol. The molecule has 0 saturated carbocycles. The predicted molar refractivity (Wildman–Crippen MR) is 109 cm³/mol. The van der Waals surface area contributed by atoms with Crippen molar-refractivity contribution in [3.05, 3.63) is 63.2 Å². The first kappa shape index (κ1) is 17.8. The predicted octanol–water partition coefficient (Wildman–Crippen LogP) is 5.36. The number of carbonyl (C=O) groups is 1. The highest BCUT2D eigenvalue weighted by Crippen LogP contribution is 2.27. The van der Waals surface area contributed by atoms with E-state index in [-0.39, 0.29) is 6.61 Å². The van der Waals surface area contributed by atoms with E-state index in [1.165, 1.54) is 22.7 Å². The van der Waals surface area contributed by atoms with Crippen molar-refractivity contribution in [2.45, 2.75) is 6.61 Å². The van der Waals surface area contributed by atoms with Gasteiger partial charge in [-0.25, -0.2) is 14.8 Å². The van der Waals surface area contributed by atoms with Crippen LogP contribution in [0.2, 0.25) is 0 Å². The number of thiazole rings is 2. The van der Waals surface area contributed by atoms with Crippen LogP contribution in [0, 0.1) is 0 Å². The van der Waals surface area contributed by atoms with Gasteiger partial charge in [-0.1, -0.05) is 0 Å². The first-order valence-electron chi connectivity index (χ1n) is 7.97. The van der Waals surface area contributed by atoms with Crippen LogP contribution in [0.15, 0.2) is 51.9 Å². The van der Waals surface area contributed by atoms with Gasteiger partial charge in [-0.2, -0.15) is 11.3 Å². The second-order valence-corrected chi connectivity index (χ2v) is 7.99. The maximum Gasteiger partial charge on any atom is 0.358 e. The second-order valence-electron chi connectivity index (χ2n) is 5.50. The molecule has 0 unspecified atom stereocenters. The molecular formula is C19H14N2O3S3. The van der Waals surface area contributed by atoms with E-state index in [4.69, 9.17) is 9.47 Å². The van der Waals surface area contributed by atoms with Crippen LogP contribution in [0.1, 0.15) is 16.2 Å². The maximum atomic E-state index is 12.2. The van der Waals surface area contributed by atoms with Crippen molar-refractivity contribution in [1.82, 2.24) is 9.97 Å². The van der Waals surface area contributed by atoms with Crippen LogP contribution in [-0.4, -0.2) is 23.0 Å². The summed E-state index contributed by atoms with van der Waals surface area (Å²) in [5.41, 5.74) is 3.06. The van der Waals surface area contributed by atoms with Gasteiger partial charge < -0.3 is 9.47 Å². The molecule has 0 bridgehead atoms. The number of carbonyl (C=O) groups excluding carboxylic acids is 1. The lowest BCUT2D eigenvalue weighted by Gasteiger charge is -2.01. The van der Waals surface area contributed by atoms with E-state index in [1.807, 2.05) is 46.5 Å². The molecule has 4 aromatic rings. The Balaban J connectivity index is 1.39. The van der Waals surface area contributed by atoms with Crippen molar-refractivity contribution in [1.29, 1.82) is 0 Å². The zero-order chi connectivity index (χ0) is 18.6. The van der Waals surface area contributed by atoms with Gasteiger partial charge in [0.2, 0.25) is 0 Å². The number of hydrogen-bond donors (Lipinski definition) is 0. The molecule has 0 aliphatic rings. The zero-order valence-electron chi connectivity index (χ0n) is 14.2. The molecule has 27 heavy (non-hydrogen) atoms. The van der Waals surface area contributed by atoms with Crippen LogP contribution in [0.4, 0.5) is 0 Å². The molecule has 4 rings (SSSR count). The fourth-order valence-corrected chi connectivity index (χ4v) is 4.65. The van der Waals surface area contributed by atoms with Crippen molar-refractivity contribution in [2.24, 2.45) is 0 Å². The number of nitrogens with zero attached hydrogens (tertiary/aromatic N) is 2. The van der Waals surface area contributed by atoms with E-state index < -0.39 is 5.97 Å². The van der Waals surface area contributed by atoms with Crippen molar-refractivity contribution < 1.29 is 14.3 Å². The Bertz CT molecular complexity index is 1040. The van der Waals surface area contributed by atoms with E-state index in [2.05, 4.69) is 9.97 Å². The monoisotopic (exact) mass is 414 g/mol. The molecule has 5 nitrogen and oxygen atoms in total. The third kappa shape index (κ3) is 4.08. The third-order valence-electron chi connectivity index (χ3n) is 3.72. The van der Waals surface area contributed by atoms with Crippen LogP contribution < -0.4 is 4.74 Å². The molecule has 8 heteroatoms. The number of hydrogen-bond acceptors (Lipinski definition) is 8. The Hall–Kier alpha value is -2.55. The molecule has 0 atom stereocenters. The number of thiophene rings is 1. The maximum absolute atomic E-state index is 12.2. The van der Waals surface area contributed by atoms with Crippen LogP contribution in [-0.2, 0) is 11.3 Å². The Kier molecular flexibility index (Phi) is 5.28. The summed E-state index contributed by atoms with van der Waals surface area (Å²) in [6.45, 7) is 0.122. The van der Waals surface area contributed by atoms with E-state index >= 15 is 0 Å². The molecule has 0 saturated heterocycles. The van der Waals surface area contributed by atoms with Gasteiger partial charge in [-0.15, -0.1) is 22.7 Å². The van der Waals surface area contributed by atoms with Gasteiger partial charge >= 0.3 is 5.97 Å². The second kappa shape index (κ2) is 7.99. The van der Waals surface area contributed by atoms with Crippen LogP contribution >= 0.6 is 34.0 Å². The summed E-state index contributed by atoms with van der Waals surface area (Å²) < 4.78 is 10.5. The molecule has 0 N–H and O–H groups in total. The Morgan fingerprint density at radius 2 is 1.74 bits per heavy atom. The van der Waals surface area contributed by atoms with Gasteiger partial charge in [0.25, 0.3) is 0 Å². The minimum atomic E-state index is -0.438. The number of ether oxygens (including phenoxy) is 2. The van der Waals surface area contributed by atoms with E-state index in [0.29, 0.717) is 11.4 Å². The molecule has 0 spiro atoms. The molecule has 136 valence electrons. The first-order valence-corrected chi connectivity index (χ1v) is 10.7. The average Bonchev–Trinajstić information content (AvgIpc) is 3.47. The van der Waals surface area contributed by atoms with Crippen molar-refractivity contribution in [2.75, 3.05) is 7.11 Å². The molecule has 3 heterocycles. The zero-order valence-corrected chi connectivity index (χ0v) is 16.7. The summed E-state index contributed by atoms with van der Waals surface area (Å²) in [5, 5.41) is 9.29. The lowest BCUT2D eigenvalue weighted by molar-refractivity contribution is 0.0462. The smallest absolute Gasteiger partial charge is 0.358 e. The lowest BCUT2D eigenvalue weighted by atomic mass is 10.2. The van der Waals surface area contributed by atoms with E-state index in [0.717, 1.165) is 26.9 Å². The van der Waals surface area contributed by atoms with Crippen LogP contribution in [0.5, 0.6) is 5.75 Å². The molecule has 1 aromatic carbocycles. The summed E-state index contributed by atoms with van der Waals surface area (Å²) in [4.78, 5) is 21.1. The summed E-state index contributed by atoms with van der Waals surface area (Å²) in [6, 6.07) is 9.67. The van der Waals surface area contributed by atoms with Gasteiger partial charge in [-0.05, 0) is 35.7 Å². The molecule has 0 aliphatic heterocycles. The normalized spacial score (nSPS) is 10.7. The van der Waals surface area contributed by atoms with Crippen molar-refractivity contribution in [3.63, 3.8) is 0 Å². The summed E-state index contributed by atoms with van der Waals surface area (Å²) in [6.07, 6.45) is 0.